The summed E-state index contributed by atoms with van der Waals surface area (Å²) in [4.78, 5) is 28.9. The number of hydrogen-bond acceptors (Lipinski definition) is 3. The number of amides is 2. The standard InChI is InChI=1S/C22H33N3O2/c1-3-24(4-2)16-18-7-5-17(6-8-18)15-23-21(26)19-11-13-25(14-12-19)22(27)20-9-10-20/h5-8,19-20H,3-4,9-16H2,1-2H3,(H,23,26). The van der Waals surface area contributed by atoms with E-state index in [1.54, 1.807) is 0 Å². The third kappa shape index (κ3) is 5.55. The maximum atomic E-state index is 12.5. The number of rotatable bonds is 8. The van der Waals surface area contributed by atoms with Crippen LogP contribution >= 0.6 is 0 Å². The van der Waals surface area contributed by atoms with E-state index in [2.05, 4.69) is 48.3 Å². The number of likely N-dealkylation sites (tertiary alicyclic amines) is 1. The fraction of sp³-hybridized carbons (Fsp3) is 0.636. The Balaban J connectivity index is 1.40. The Morgan fingerprint density at radius 1 is 0.963 bits per heavy atom. The molecule has 1 aliphatic heterocycles. The number of carbonyl (C=O) groups excluding carboxylic acids is 2. The third-order valence-electron chi connectivity index (χ3n) is 5.89. The molecule has 1 N–H and O–H groups in total. The predicted octanol–water partition coefficient (Wildman–Crippen LogP) is 2.79. The summed E-state index contributed by atoms with van der Waals surface area (Å²) in [6.45, 7) is 9.47. The van der Waals surface area contributed by atoms with Crippen molar-refractivity contribution in [2.45, 2.75) is 52.6 Å². The van der Waals surface area contributed by atoms with Crippen LogP contribution in [0.2, 0.25) is 0 Å². The van der Waals surface area contributed by atoms with E-state index in [0.717, 1.165) is 64.0 Å². The minimum Gasteiger partial charge on any atom is -0.352 e. The highest BCUT2D eigenvalue weighted by Gasteiger charge is 2.35. The minimum atomic E-state index is 0.0372. The van der Waals surface area contributed by atoms with Crippen LogP contribution in [0.15, 0.2) is 24.3 Å². The molecule has 0 radical (unpaired) electrons. The molecule has 5 heteroatoms. The summed E-state index contributed by atoms with van der Waals surface area (Å²) in [6.07, 6.45) is 3.67. The second kappa shape index (κ2) is 9.36. The van der Waals surface area contributed by atoms with E-state index < -0.39 is 0 Å². The molecule has 0 aromatic heterocycles. The lowest BCUT2D eigenvalue weighted by Gasteiger charge is -2.31. The topological polar surface area (TPSA) is 52.7 Å². The van der Waals surface area contributed by atoms with Gasteiger partial charge in [-0.15, -0.1) is 0 Å². The highest BCUT2D eigenvalue weighted by Crippen LogP contribution is 2.32. The maximum absolute atomic E-state index is 12.5. The van der Waals surface area contributed by atoms with Crippen molar-refractivity contribution in [1.82, 2.24) is 15.1 Å². The SMILES string of the molecule is CCN(CC)Cc1ccc(CNC(=O)C2CCN(C(=O)C3CC3)CC2)cc1. The molecule has 2 aliphatic rings. The van der Waals surface area contributed by atoms with Crippen LogP contribution in [0.1, 0.15) is 50.7 Å². The molecule has 1 aromatic rings. The van der Waals surface area contributed by atoms with Crippen LogP contribution in [0.25, 0.3) is 0 Å². The molecule has 0 spiro atoms. The fourth-order valence-electron chi connectivity index (χ4n) is 3.75. The summed E-state index contributed by atoms with van der Waals surface area (Å²) in [5.74, 6) is 0.745. The van der Waals surface area contributed by atoms with E-state index in [1.165, 1.54) is 5.56 Å². The van der Waals surface area contributed by atoms with Gasteiger partial charge in [-0.3, -0.25) is 14.5 Å². The van der Waals surface area contributed by atoms with E-state index in [1.807, 2.05) is 4.90 Å². The van der Waals surface area contributed by atoms with Crippen LogP contribution in [-0.2, 0) is 22.7 Å². The molecule has 0 bridgehead atoms. The van der Waals surface area contributed by atoms with Crippen molar-refractivity contribution in [2.75, 3.05) is 26.2 Å². The molecule has 5 nitrogen and oxygen atoms in total. The molecule has 1 aromatic carbocycles. The van der Waals surface area contributed by atoms with E-state index in [0.29, 0.717) is 12.5 Å². The van der Waals surface area contributed by atoms with Gasteiger partial charge in [-0.25, -0.2) is 0 Å². The van der Waals surface area contributed by atoms with Crippen LogP contribution in [-0.4, -0.2) is 47.8 Å². The normalized spacial score (nSPS) is 18.0. The van der Waals surface area contributed by atoms with Crippen molar-refractivity contribution in [3.63, 3.8) is 0 Å². The van der Waals surface area contributed by atoms with E-state index in [9.17, 15) is 9.59 Å². The molecule has 1 saturated carbocycles. The second-order valence-corrected chi connectivity index (χ2v) is 7.87. The summed E-state index contributed by atoms with van der Waals surface area (Å²) in [6, 6.07) is 8.52. The van der Waals surface area contributed by atoms with Gasteiger partial charge in [-0.2, -0.15) is 0 Å². The average molecular weight is 372 g/mol. The zero-order chi connectivity index (χ0) is 19.2. The molecule has 1 aliphatic carbocycles. The van der Waals surface area contributed by atoms with Gasteiger partial charge in [-0.1, -0.05) is 38.1 Å². The first-order chi connectivity index (χ1) is 13.1. The number of piperidine rings is 1. The van der Waals surface area contributed by atoms with Gasteiger partial charge in [0.2, 0.25) is 11.8 Å². The quantitative estimate of drug-likeness (QED) is 0.764. The van der Waals surface area contributed by atoms with Crippen molar-refractivity contribution in [3.8, 4) is 0 Å². The minimum absolute atomic E-state index is 0.0372. The van der Waals surface area contributed by atoms with E-state index in [-0.39, 0.29) is 17.7 Å². The first-order valence-corrected chi connectivity index (χ1v) is 10.5. The van der Waals surface area contributed by atoms with Gasteiger partial charge in [0.15, 0.2) is 0 Å². The van der Waals surface area contributed by atoms with Crippen molar-refractivity contribution < 1.29 is 9.59 Å². The fourth-order valence-corrected chi connectivity index (χ4v) is 3.75. The summed E-state index contributed by atoms with van der Waals surface area (Å²) in [5, 5.41) is 3.08. The van der Waals surface area contributed by atoms with Gasteiger partial charge in [0, 0.05) is 38.0 Å². The zero-order valence-electron chi connectivity index (χ0n) is 16.7. The lowest BCUT2D eigenvalue weighted by atomic mass is 9.95. The molecular formula is C22H33N3O2. The molecule has 3 rings (SSSR count). The highest BCUT2D eigenvalue weighted by molar-refractivity contribution is 5.82. The maximum Gasteiger partial charge on any atom is 0.225 e. The van der Waals surface area contributed by atoms with Crippen LogP contribution in [0.3, 0.4) is 0 Å². The second-order valence-electron chi connectivity index (χ2n) is 7.87. The molecule has 0 atom stereocenters. The van der Waals surface area contributed by atoms with Gasteiger partial charge >= 0.3 is 0 Å². The average Bonchev–Trinajstić information content (AvgIpc) is 3.56. The van der Waals surface area contributed by atoms with Crippen molar-refractivity contribution in [2.24, 2.45) is 11.8 Å². The monoisotopic (exact) mass is 371 g/mol. The summed E-state index contributed by atoms with van der Waals surface area (Å²) in [5.41, 5.74) is 2.44. The Morgan fingerprint density at radius 3 is 2.11 bits per heavy atom. The number of nitrogens with zero attached hydrogens (tertiary/aromatic N) is 2. The molecule has 2 amide bonds. The van der Waals surface area contributed by atoms with Crippen LogP contribution in [0.5, 0.6) is 0 Å². The molecule has 148 valence electrons. The van der Waals surface area contributed by atoms with Gasteiger partial charge in [0.05, 0.1) is 0 Å². The Morgan fingerprint density at radius 2 is 1.56 bits per heavy atom. The largest absolute Gasteiger partial charge is 0.352 e. The lowest BCUT2D eigenvalue weighted by molar-refractivity contribution is -0.136. The number of nitrogens with one attached hydrogen (secondary N) is 1. The van der Waals surface area contributed by atoms with Gasteiger partial charge < -0.3 is 10.2 Å². The summed E-state index contributed by atoms with van der Waals surface area (Å²) in [7, 11) is 0. The van der Waals surface area contributed by atoms with Crippen molar-refractivity contribution in [3.05, 3.63) is 35.4 Å². The summed E-state index contributed by atoms with van der Waals surface area (Å²) < 4.78 is 0. The van der Waals surface area contributed by atoms with Gasteiger partial charge in [0.1, 0.15) is 0 Å². The van der Waals surface area contributed by atoms with Crippen molar-refractivity contribution in [1.29, 1.82) is 0 Å². The highest BCUT2D eigenvalue weighted by atomic mass is 16.2. The lowest BCUT2D eigenvalue weighted by Crippen LogP contribution is -2.43. The molecule has 0 unspecified atom stereocenters. The first-order valence-electron chi connectivity index (χ1n) is 10.5. The smallest absolute Gasteiger partial charge is 0.225 e. The molecular weight excluding hydrogens is 338 g/mol. The van der Waals surface area contributed by atoms with E-state index >= 15 is 0 Å². The Labute approximate surface area is 163 Å². The van der Waals surface area contributed by atoms with Crippen LogP contribution in [0, 0.1) is 11.8 Å². The Hall–Kier alpha value is -1.88. The third-order valence-corrected chi connectivity index (χ3v) is 5.89. The Bertz CT molecular complexity index is 627. The summed E-state index contributed by atoms with van der Waals surface area (Å²) >= 11 is 0. The number of hydrogen-bond donors (Lipinski definition) is 1. The Kier molecular flexibility index (Phi) is 6.89. The molecule has 27 heavy (non-hydrogen) atoms. The van der Waals surface area contributed by atoms with Gasteiger partial charge in [0.25, 0.3) is 0 Å². The first kappa shape index (κ1) is 19.9. The number of benzene rings is 1. The molecule has 2 fully saturated rings. The molecule has 1 heterocycles. The molecule has 1 saturated heterocycles. The zero-order valence-corrected chi connectivity index (χ0v) is 16.7. The van der Waals surface area contributed by atoms with Crippen LogP contribution < -0.4 is 5.32 Å². The van der Waals surface area contributed by atoms with Crippen LogP contribution in [0.4, 0.5) is 0 Å². The number of carbonyl (C=O) groups is 2. The predicted molar refractivity (Wildman–Crippen MR) is 107 cm³/mol. The van der Waals surface area contributed by atoms with Crippen molar-refractivity contribution >= 4 is 11.8 Å². The van der Waals surface area contributed by atoms with Gasteiger partial charge in [-0.05, 0) is 49.9 Å². The van der Waals surface area contributed by atoms with E-state index in [4.69, 9.17) is 0 Å².